The number of rotatable bonds is 2. The van der Waals surface area contributed by atoms with Gasteiger partial charge in [-0.3, -0.25) is 9.69 Å². The van der Waals surface area contributed by atoms with Gasteiger partial charge in [0.1, 0.15) is 0 Å². The third-order valence-electron chi connectivity index (χ3n) is 3.95. The highest BCUT2D eigenvalue weighted by atomic mass is 16.3. The number of likely N-dealkylation sites (tertiary alicyclic amines) is 1. The molecule has 2 atom stereocenters. The molecule has 2 unspecified atom stereocenters. The molecule has 100 valence electrons. The van der Waals surface area contributed by atoms with E-state index in [4.69, 9.17) is 15.6 Å². The minimum absolute atomic E-state index is 0.250. The summed E-state index contributed by atoms with van der Waals surface area (Å²) in [5.74, 6) is 0.969. The van der Waals surface area contributed by atoms with Crippen LogP contribution in [0, 0.1) is 5.92 Å². The molecule has 4 nitrogen and oxygen atoms in total. The molecule has 2 rings (SSSR count). The van der Waals surface area contributed by atoms with Crippen molar-refractivity contribution in [3.63, 3.8) is 0 Å². The van der Waals surface area contributed by atoms with Crippen LogP contribution in [0.3, 0.4) is 0 Å². The molecule has 0 bridgehead atoms. The summed E-state index contributed by atoms with van der Waals surface area (Å²) in [5.41, 5.74) is 5.98. The van der Waals surface area contributed by atoms with Crippen LogP contribution in [-0.2, 0) is 4.79 Å². The van der Waals surface area contributed by atoms with E-state index >= 15 is 0 Å². The highest BCUT2D eigenvalue weighted by Crippen LogP contribution is 2.27. The zero-order chi connectivity index (χ0) is 12.7. The van der Waals surface area contributed by atoms with E-state index in [-0.39, 0.29) is 6.47 Å². The summed E-state index contributed by atoms with van der Waals surface area (Å²) >= 11 is 0. The van der Waals surface area contributed by atoms with Crippen molar-refractivity contribution in [2.75, 3.05) is 13.1 Å². The van der Waals surface area contributed by atoms with Crippen molar-refractivity contribution < 1.29 is 9.90 Å². The standard InChI is InChI=1S/C12H24N2.CH2O2/c1-10-7-12(13)9-14(10)8-11-5-3-2-4-6-11;2-1-3/h10-12H,2-9,13H2,1H3;1H,(H,2,3). The first-order chi connectivity index (χ1) is 8.17. The fourth-order valence-corrected chi connectivity index (χ4v) is 3.10. The van der Waals surface area contributed by atoms with Crippen molar-refractivity contribution in [1.82, 2.24) is 4.90 Å². The van der Waals surface area contributed by atoms with Crippen LogP contribution < -0.4 is 5.73 Å². The summed E-state index contributed by atoms with van der Waals surface area (Å²) in [6.07, 6.45) is 8.49. The number of carboxylic acid groups (broad SMARTS) is 1. The van der Waals surface area contributed by atoms with E-state index < -0.39 is 0 Å². The minimum atomic E-state index is -0.250. The minimum Gasteiger partial charge on any atom is -0.483 e. The Morgan fingerprint density at radius 2 is 1.94 bits per heavy atom. The number of hydrogen-bond acceptors (Lipinski definition) is 3. The summed E-state index contributed by atoms with van der Waals surface area (Å²) in [4.78, 5) is 11.0. The second kappa shape index (κ2) is 7.67. The van der Waals surface area contributed by atoms with Crippen molar-refractivity contribution in [2.45, 2.75) is 57.5 Å². The first kappa shape index (κ1) is 14.5. The first-order valence-electron chi connectivity index (χ1n) is 6.74. The molecule has 3 N–H and O–H groups in total. The average molecular weight is 242 g/mol. The van der Waals surface area contributed by atoms with Gasteiger partial charge in [0, 0.05) is 25.2 Å². The SMILES string of the molecule is CC1CC(N)CN1CC1CCCCC1.O=CO. The average Bonchev–Trinajstić information content (AvgIpc) is 2.60. The van der Waals surface area contributed by atoms with Gasteiger partial charge in [0.05, 0.1) is 0 Å². The van der Waals surface area contributed by atoms with Crippen LogP contribution in [0.1, 0.15) is 45.4 Å². The van der Waals surface area contributed by atoms with Gasteiger partial charge in [-0.05, 0) is 32.1 Å². The maximum atomic E-state index is 8.36. The molecule has 0 aromatic heterocycles. The zero-order valence-corrected chi connectivity index (χ0v) is 10.8. The van der Waals surface area contributed by atoms with Gasteiger partial charge in [-0.15, -0.1) is 0 Å². The molecule has 0 aromatic carbocycles. The normalized spacial score (nSPS) is 30.7. The molecule has 2 fully saturated rings. The summed E-state index contributed by atoms with van der Waals surface area (Å²) in [5, 5.41) is 6.89. The summed E-state index contributed by atoms with van der Waals surface area (Å²) in [6.45, 7) is 4.53. The number of nitrogens with two attached hydrogens (primary N) is 1. The Bertz CT molecular complexity index is 217. The van der Waals surface area contributed by atoms with E-state index in [0.29, 0.717) is 6.04 Å². The predicted octanol–water partition coefficient (Wildman–Crippen LogP) is 1.69. The van der Waals surface area contributed by atoms with Crippen LogP contribution in [0.5, 0.6) is 0 Å². The van der Waals surface area contributed by atoms with Gasteiger partial charge in [0.2, 0.25) is 0 Å². The van der Waals surface area contributed by atoms with Crippen molar-refractivity contribution in [1.29, 1.82) is 0 Å². The highest BCUT2D eigenvalue weighted by Gasteiger charge is 2.28. The molecule has 0 radical (unpaired) electrons. The largest absolute Gasteiger partial charge is 0.483 e. The number of nitrogens with zero attached hydrogens (tertiary/aromatic N) is 1. The van der Waals surface area contributed by atoms with E-state index in [1.165, 1.54) is 45.1 Å². The van der Waals surface area contributed by atoms with E-state index in [2.05, 4.69) is 11.8 Å². The molecule has 4 heteroatoms. The lowest BCUT2D eigenvalue weighted by Crippen LogP contribution is -2.34. The number of hydrogen-bond donors (Lipinski definition) is 2. The lowest BCUT2D eigenvalue weighted by molar-refractivity contribution is -0.122. The van der Waals surface area contributed by atoms with Crippen LogP contribution >= 0.6 is 0 Å². The van der Waals surface area contributed by atoms with Crippen molar-refractivity contribution >= 4 is 6.47 Å². The zero-order valence-electron chi connectivity index (χ0n) is 10.8. The van der Waals surface area contributed by atoms with Crippen molar-refractivity contribution in [3.05, 3.63) is 0 Å². The van der Waals surface area contributed by atoms with Gasteiger partial charge >= 0.3 is 0 Å². The Balaban J connectivity index is 0.000000437. The monoisotopic (exact) mass is 242 g/mol. The molecule has 2 aliphatic rings. The Morgan fingerprint density at radius 3 is 2.41 bits per heavy atom. The summed E-state index contributed by atoms with van der Waals surface area (Å²) in [7, 11) is 0. The third-order valence-corrected chi connectivity index (χ3v) is 3.95. The predicted molar refractivity (Wildman–Crippen MR) is 68.9 cm³/mol. The topological polar surface area (TPSA) is 66.6 Å². The van der Waals surface area contributed by atoms with Crippen LogP contribution in [0.25, 0.3) is 0 Å². The highest BCUT2D eigenvalue weighted by molar-refractivity contribution is 5.32. The van der Waals surface area contributed by atoms with Gasteiger partial charge in [-0.1, -0.05) is 19.3 Å². The lowest BCUT2D eigenvalue weighted by atomic mass is 9.89. The molecular formula is C13H26N2O2. The molecule has 1 heterocycles. The smallest absolute Gasteiger partial charge is 0.290 e. The molecule has 1 aliphatic heterocycles. The Hall–Kier alpha value is -0.610. The van der Waals surface area contributed by atoms with E-state index in [1.54, 1.807) is 0 Å². The Morgan fingerprint density at radius 1 is 1.35 bits per heavy atom. The molecule has 17 heavy (non-hydrogen) atoms. The second-order valence-corrected chi connectivity index (χ2v) is 5.41. The summed E-state index contributed by atoms with van der Waals surface area (Å²) in [6, 6.07) is 1.17. The number of carbonyl (C=O) groups is 1. The molecular weight excluding hydrogens is 216 g/mol. The molecule has 0 spiro atoms. The van der Waals surface area contributed by atoms with E-state index in [0.717, 1.165) is 18.5 Å². The molecule has 1 aliphatic carbocycles. The summed E-state index contributed by atoms with van der Waals surface area (Å²) < 4.78 is 0. The van der Waals surface area contributed by atoms with Gasteiger partial charge in [0.15, 0.2) is 0 Å². The fraction of sp³-hybridized carbons (Fsp3) is 0.923. The van der Waals surface area contributed by atoms with Gasteiger partial charge in [-0.25, -0.2) is 0 Å². The van der Waals surface area contributed by atoms with Gasteiger partial charge < -0.3 is 10.8 Å². The quantitative estimate of drug-likeness (QED) is 0.723. The van der Waals surface area contributed by atoms with Crippen LogP contribution in [0.4, 0.5) is 0 Å². The Kier molecular flexibility index (Phi) is 6.52. The van der Waals surface area contributed by atoms with Crippen molar-refractivity contribution in [3.8, 4) is 0 Å². The maximum absolute atomic E-state index is 8.36. The first-order valence-corrected chi connectivity index (χ1v) is 6.74. The van der Waals surface area contributed by atoms with E-state index in [1.807, 2.05) is 0 Å². The lowest BCUT2D eigenvalue weighted by Gasteiger charge is -2.29. The molecule has 1 saturated carbocycles. The Labute approximate surface area is 104 Å². The third kappa shape index (κ3) is 5.04. The van der Waals surface area contributed by atoms with Crippen molar-refractivity contribution in [2.24, 2.45) is 11.7 Å². The molecule has 0 aromatic rings. The fourth-order valence-electron chi connectivity index (χ4n) is 3.10. The van der Waals surface area contributed by atoms with Crippen LogP contribution in [0.2, 0.25) is 0 Å². The van der Waals surface area contributed by atoms with Crippen LogP contribution in [-0.4, -0.2) is 41.7 Å². The molecule has 0 amide bonds. The van der Waals surface area contributed by atoms with Gasteiger partial charge in [0.25, 0.3) is 6.47 Å². The van der Waals surface area contributed by atoms with Crippen LogP contribution in [0.15, 0.2) is 0 Å². The molecule has 1 saturated heterocycles. The van der Waals surface area contributed by atoms with E-state index in [9.17, 15) is 0 Å². The van der Waals surface area contributed by atoms with Gasteiger partial charge in [-0.2, -0.15) is 0 Å². The second-order valence-electron chi connectivity index (χ2n) is 5.41. The maximum Gasteiger partial charge on any atom is 0.290 e.